The van der Waals surface area contributed by atoms with E-state index in [1.165, 1.54) is 6.07 Å². The second-order valence-corrected chi connectivity index (χ2v) is 5.01. The van der Waals surface area contributed by atoms with Crippen LogP contribution in [-0.2, 0) is 6.42 Å². The lowest BCUT2D eigenvalue weighted by atomic mass is 10.1. The second kappa shape index (κ2) is 6.99. The molecule has 2 aromatic rings. The molecule has 0 heterocycles. The zero-order valence-electron chi connectivity index (χ0n) is 12.0. The van der Waals surface area contributed by atoms with Crippen molar-refractivity contribution in [3.8, 4) is 0 Å². The Morgan fingerprint density at radius 1 is 1.24 bits per heavy atom. The van der Waals surface area contributed by atoms with Gasteiger partial charge >= 0.3 is 0 Å². The van der Waals surface area contributed by atoms with Crippen molar-refractivity contribution < 1.29 is 9.18 Å². The summed E-state index contributed by atoms with van der Waals surface area (Å²) in [5.74, 6) is -0.691. The highest BCUT2D eigenvalue weighted by Crippen LogP contribution is 2.15. The fourth-order valence-corrected chi connectivity index (χ4v) is 2.05. The third-order valence-electron chi connectivity index (χ3n) is 3.29. The van der Waals surface area contributed by atoms with Crippen molar-refractivity contribution in [1.29, 1.82) is 0 Å². The summed E-state index contributed by atoms with van der Waals surface area (Å²) in [6, 6.07) is 12.1. The molecular weight excluding hydrogens is 267 g/mol. The van der Waals surface area contributed by atoms with Crippen molar-refractivity contribution in [2.45, 2.75) is 19.8 Å². The maximum absolute atomic E-state index is 13.5. The van der Waals surface area contributed by atoms with Gasteiger partial charge in [0.25, 0.3) is 5.91 Å². The Hall–Kier alpha value is -2.20. The average Bonchev–Trinajstić information content (AvgIpc) is 2.48. The van der Waals surface area contributed by atoms with Crippen LogP contribution in [0.3, 0.4) is 0 Å². The summed E-state index contributed by atoms with van der Waals surface area (Å²) in [7, 11) is 0. The molecule has 0 aliphatic rings. The first kappa shape index (κ1) is 15.2. The van der Waals surface area contributed by atoms with Gasteiger partial charge in [-0.3, -0.25) is 4.79 Å². The van der Waals surface area contributed by atoms with Crippen molar-refractivity contribution in [1.82, 2.24) is 0 Å². The smallest absolute Gasteiger partial charge is 0.255 e. The fourth-order valence-electron chi connectivity index (χ4n) is 2.05. The van der Waals surface area contributed by atoms with E-state index in [0.29, 0.717) is 23.4 Å². The lowest BCUT2D eigenvalue weighted by Crippen LogP contribution is -2.12. The number of halogens is 1. The Bertz CT molecular complexity index is 640. The Labute approximate surface area is 124 Å². The summed E-state index contributed by atoms with van der Waals surface area (Å²) in [5.41, 5.74) is 8.15. The molecule has 0 atom stereocenters. The molecule has 0 aliphatic heterocycles. The molecule has 3 nitrogen and oxygen atoms in total. The van der Waals surface area contributed by atoms with E-state index in [0.717, 1.165) is 18.4 Å². The van der Waals surface area contributed by atoms with Gasteiger partial charge in [-0.05, 0) is 61.7 Å². The number of nitrogens with one attached hydrogen (secondary N) is 1. The maximum Gasteiger partial charge on any atom is 0.255 e. The molecule has 0 spiro atoms. The molecule has 0 bridgehead atoms. The number of hydrogen-bond donors (Lipinski definition) is 2. The van der Waals surface area contributed by atoms with Crippen LogP contribution in [-0.4, -0.2) is 12.5 Å². The highest BCUT2D eigenvalue weighted by atomic mass is 19.1. The van der Waals surface area contributed by atoms with Crippen molar-refractivity contribution in [2.24, 2.45) is 5.73 Å². The van der Waals surface area contributed by atoms with E-state index in [9.17, 15) is 9.18 Å². The number of anilines is 1. The van der Waals surface area contributed by atoms with Crippen molar-refractivity contribution >= 4 is 11.6 Å². The zero-order chi connectivity index (χ0) is 15.2. The number of hydrogen-bond acceptors (Lipinski definition) is 2. The van der Waals surface area contributed by atoms with Crippen LogP contribution in [0, 0.1) is 12.7 Å². The molecule has 0 aliphatic carbocycles. The van der Waals surface area contributed by atoms with E-state index in [1.54, 1.807) is 19.1 Å². The van der Waals surface area contributed by atoms with E-state index in [4.69, 9.17) is 5.73 Å². The molecule has 0 fully saturated rings. The Morgan fingerprint density at radius 2 is 2.05 bits per heavy atom. The van der Waals surface area contributed by atoms with Crippen LogP contribution in [0.5, 0.6) is 0 Å². The first-order valence-corrected chi connectivity index (χ1v) is 6.96. The maximum atomic E-state index is 13.5. The highest BCUT2D eigenvalue weighted by Gasteiger charge is 2.08. The highest BCUT2D eigenvalue weighted by molar-refractivity contribution is 6.04. The third kappa shape index (κ3) is 4.13. The summed E-state index contributed by atoms with van der Waals surface area (Å²) >= 11 is 0. The summed E-state index contributed by atoms with van der Waals surface area (Å²) in [5, 5.41) is 2.78. The minimum Gasteiger partial charge on any atom is -0.330 e. The Balaban J connectivity index is 2.10. The largest absolute Gasteiger partial charge is 0.330 e. The monoisotopic (exact) mass is 286 g/mol. The zero-order valence-corrected chi connectivity index (χ0v) is 12.0. The van der Waals surface area contributed by atoms with Crippen LogP contribution in [0.2, 0.25) is 0 Å². The van der Waals surface area contributed by atoms with Crippen molar-refractivity contribution in [2.75, 3.05) is 11.9 Å². The predicted octanol–water partition coefficient (Wildman–Crippen LogP) is 3.28. The Morgan fingerprint density at radius 3 is 2.76 bits per heavy atom. The minimum absolute atomic E-state index is 0.311. The van der Waals surface area contributed by atoms with Gasteiger partial charge in [0.2, 0.25) is 0 Å². The van der Waals surface area contributed by atoms with Crippen LogP contribution >= 0.6 is 0 Å². The van der Waals surface area contributed by atoms with Gasteiger partial charge in [0.05, 0.1) is 0 Å². The van der Waals surface area contributed by atoms with E-state index < -0.39 is 0 Å². The number of amides is 1. The number of carbonyl (C=O) groups is 1. The quantitative estimate of drug-likeness (QED) is 0.886. The standard InChI is InChI=1S/C17H19FN2O/c1-12-7-8-14(11-16(12)18)17(21)20-15-6-2-4-13(10-15)5-3-9-19/h2,4,6-8,10-11H,3,5,9,19H2,1H3,(H,20,21). The normalized spacial score (nSPS) is 10.4. The average molecular weight is 286 g/mol. The van der Waals surface area contributed by atoms with E-state index in [2.05, 4.69) is 5.32 Å². The van der Waals surface area contributed by atoms with E-state index in [-0.39, 0.29) is 11.7 Å². The number of rotatable bonds is 5. The molecule has 3 N–H and O–H groups in total. The van der Waals surface area contributed by atoms with Gasteiger partial charge < -0.3 is 11.1 Å². The van der Waals surface area contributed by atoms with Crippen LogP contribution < -0.4 is 11.1 Å². The van der Waals surface area contributed by atoms with Crippen LogP contribution in [0.4, 0.5) is 10.1 Å². The molecule has 2 aromatic carbocycles. The van der Waals surface area contributed by atoms with Gasteiger partial charge in [-0.25, -0.2) is 4.39 Å². The first-order chi connectivity index (χ1) is 10.1. The van der Waals surface area contributed by atoms with E-state index in [1.807, 2.05) is 24.3 Å². The molecular formula is C17H19FN2O. The molecule has 0 unspecified atom stereocenters. The molecule has 0 saturated heterocycles. The van der Waals surface area contributed by atoms with Gasteiger partial charge in [-0.1, -0.05) is 18.2 Å². The Kier molecular flexibility index (Phi) is 5.06. The summed E-state index contributed by atoms with van der Waals surface area (Å²) in [6.45, 7) is 2.30. The predicted molar refractivity (Wildman–Crippen MR) is 82.9 cm³/mol. The second-order valence-electron chi connectivity index (χ2n) is 5.01. The minimum atomic E-state index is -0.376. The SMILES string of the molecule is Cc1ccc(C(=O)Nc2cccc(CCCN)c2)cc1F. The summed E-state index contributed by atoms with van der Waals surface area (Å²) < 4.78 is 13.5. The fraction of sp³-hybridized carbons (Fsp3) is 0.235. The molecule has 2 rings (SSSR count). The van der Waals surface area contributed by atoms with Crippen LogP contribution in [0.1, 0.15) is 27.9 Å². The molecule has 1 amide bonds. The van der Waals surface area contributed by atoms with Crippen LogP contribution in [0.25, 0.3) is 0 Å². The molecule has 0 aromatic heterocycles. The third-order valence-corrected chi connectivity index (χ3v) is 3.29. The first-order valence-electron chi connectivity index (χ1n) is 6.96. The van der Waals surface area contributed by atoms with Crippen molar-refractivity contribution in [3.63, 3.8) is 0 Å². The number of aryl methyl sites for hydroxylation is 2. The molecule has 21 heavy (non-hydrogen) atoms. The molecule has 0 saturated carbocycles. The number of carbonyl (C=O) groups excluding carboxylic acids is 1. The number of benzene rings is 2. The van der Waals surface area contributed by atoms with E-state index >= 15 is 0 Å². The van der Waals surface area contributed by atoms with Crippen molar-refractivity contribution in [3.05, 3.63) is 65.0 Å². The lowest BCUT2D eigenvalue weighted by Gasteiger charge is -2.08. The van der Waals surface area contributed by atoms with Gasteiger partial charge in [0, 0.05) is 11.3 Å². The van der Waals surface area contributed by atoms with Crippen LogP contribution in [0.15, 0.2) is 42.5 Å². The lowest BCUT2D eigenvalue weighted by molar-refractivity contribution is 0.102. The molecule has 4 heteroatoms. The van der Waals surface area contributed by atoms with Gasteiger partial charge in [-0.2, -0.15) is 0 Å². The summed E-state index contributed by atoms with van der Waals surface area (Å²) in [6.07, 6.45) is 1.78. The number of nitrogens with two attached hydrogens (primary N) is 1. The van der Waals surface area contributed by atoms with Gasteiger partial charge in [-0.15, -0.1) is 0 Å². The molecule has 0 radical (unpaired) electrons. The topological polar surface area (TPSA) is 55.1 Å². The van der Waals surface area contributed by atoms with Gasteiger partial charge in [0.15, 0.2) is 0 Å². The van der Waals surface area contributed by atoms with Gasteiger partial charge in [0.1, 0.15) is 5.82 Å². The summed E-state index contributed by atoms with van der Waals surface area (Å²) in [4.78, 5) is 12.1. The molecule has 110 valence electrons.